The minimum Gasteiger partial charge on any atom is -0.353 e. The molecule has 0 saturated heterocycles. The van der Waals surface area contributed by atoms with Crippen LogP contribution in [0.2, 0.25) is 0 Å². The zero-order valence-corrected chi connectivity index (χ0v) is 10.7. The number of hydrogen-bond acceptors (Lipinski definition) is 1. The molecule has 4 unspecified atom stereocenters. The lowest BCUT2D eigenvalue weighted by Gasteiger charge is -2.44. The smallest absolute Gasteiger partial charge is 0.217 e. The van der Waals surface area contributed by atoms with Gasteiger partial charge in [-0.05, 0) is 49.4 Å². The summed E-state index contributed by atoms with van der Waals surface area (Å²) in [7, 11) is 0. The Morgan fingerprint density at radius 1 is 1.29 bits per heavy atom. The van der Waals surface area contributed by atoms with Gasteiger partial charge in [-0.3, -0.25) is 4.79 Å². The van der Waals surface area contributed by atoms with E-state index in [9.17, 15) is 4.79 Å². The molecule has 0 aromatic carbocycles. The van der Waals surface area contributed by atoms with E-state index in [2.05, 4.69) is 17.5 Å². The number of allylic oxidation sites excluding steroid dienone is 1. The van der Waals surface area contributed by atoms with Crippen molar-refractivity contribution < 1.29 is 4.79 Å². The van der Waals surface area contributed by atoms with Crippen LogP contribution in [0.25, 0.3) is 0 Å². The van der Waals surface area contributed by atoms with Gasteiger partial charge in [-0.15, -0.1) is 0 Å². The summed E-state index contributed by atoms with van der Waals surface area (Å²) >= 11 is 0. The molecule has 0 spiro atoms. The van der Waals surface area contributed by atoms with E-state index in [1.807, 2.05) is 0 Å². The second kappa shape index (κ2) is 4.47. The maximum atomic E-state index is 11.1. The van der Waals surface area contributed by atoms with E-state index in [1.165, 1.54) is 38.5 Å². The highest BCUT2D eigenvalue weighted by atomic mass is 16.1. The Morgan fingerprint density at radius 2 is 2.12 bits per heavy atom. The molecule has 3 rings (SSSR count). The highest BCUT2D eigenvalue weighted by Crippen LogP contribution is 2.46. The van der Waals surface area contributed by atoms with Crippen LogP contribution in [0.1, 0.15) is 45.4 Å². The molecule has 2 nitrogen and oxygen atoms in total. The molecule has 0 aliphatic heterocycles. The highest BCUT2D eigenvalue weighted by molar-refractivity contribution is 5.73. The van der Waals surface area contributed by atoms with Crippen molar-refractivity contribution in [1.29, 1.82) is 0 Å². The van der Waals surface area contributed by atoms with Gasteiger partial charge in [0.05, 0.1) is 0 Å². The van der Waals surface area contributed by atoms with Gasteiger partial charge in [-0.2, -0.15) is 0 Å². The second-order valence-corrected chi connectivity index (χ2v) is 6.32. The topological polar surface area (TPSA) is 29.1 Å². The van der Waals surface area contributed by atoms with Crippen molar-refractivity contribution in [2.24, 2.45) is 23.7 Å². The van der Waals surface area contributed by atoms with Gasteiger partial charge >= 0.3 is 0 Å². The number of nitrogens with one attached hydrogen (secondary N) is 1. The molecule has 1 amide bonds. The minimum atomic E-state index is 0.126. The van der Waals surface area contributed by atoms with Crippen LogP contribution < -0.4 is 5.32 Å². The van der Waals surface area contributed by atoms with Crippen molar-refractivity contribution in [2.45, 2.75) is 51.5 Å². The second-order valence-electron chi connectivity index (χ2n) is 6.32. The van der Waals surface area contributed by atoms with Gasteiger partial charge in [0.15, 0.2) is 0 Å². The van der Waals surface area contributed by atoms with Gasteiger partial charge in [0.1, 0.15) is 0 Å². The lowest BCUT2D eigenvalue weighted by atomic mass is 9.66. The summed E-state index contributed by atoms with van der Waals surface area (Å²) in [5.74, 6) is 3.57. The van der Waals surface area contributed by atoms with Crippen LogP contribution in [0.4, 0.5) is 0 Å². The number of carbonyl (C=O) groups is 1. The molecule has 2 heteroatoms. The summed E-state index contributed by atoms with van der Waals surface area (Å²) in [5, 5.41) is 3.08. The zero-order chi connectivity index (χ0) is 11.8. The van der Waals surface area contributed by atoms with Crippen LogP contribution in [0, 0.1) is 23.7 Å². The minimum absolute atomic E-state index is 0.126. The third-order valence-corrected chi connectivity index (χ3v) is 4.78. The monoisotopic (exact) mass is 233 g/mol. The number of hydrogen-bond donors (Lipinski definition) is 1. The van der Waals surface area contributed by atoms with E-state index < -0.39 is 0 Å². The first-order valence-corrected chi connectivity index (χ1v) is 7.16. The van der Waals surface area contributed by atoms with Crippen LogP contribution in [0.3, 0.4) is 0 Å². The summed E-state index contributed by atoms with van der Waals surface area (Å²) in [6.45, 7) is 1.63. The van der Waals surface area contributed by atoms with Gasteiger partial charge in [-0.25, -0.2) is 0 Å². The highest BCUT2D eigenvalue weighted by Gasteiger charge is 2.42. The van der Waals surface area contributed by atoms with E-state index in [1.54, 1.807) is 6.92 Å². The Morgan fingerprint density at radius 3 is 2.82 bits per heavy atom. The fourth-order valence-electron chi connectivity index (χ4n) is 3.70. The maximum Gasteiger partial charge on any atom is 0.217 e. The Bertz CT molecular complexity index is 332. The van der Waals surface area contributed by atoms with E-state index in [0.717, 1.165) is 17.8 Å². The molecular weight excluding hydrogens is 210 g/mol. The average molecular weight is 233 g/mol. The van der Waals surface area contributed by atoms with Crippen LogP contribution >= 0.6 is 0 Å². The first-order chi connectivity index (χ1) is 8.22. The summed E-state index contributed by atoms with van der Waals surface area (Å²) in [4.78, 5) is 11.1. The van der Waals surface area contributed by atoms with E-state index >= 15 is 0 Å². The first-order valence-electron chi connectivity index (χ1n) is 7.16. The fourth-order valence-corrected chi connectivity index (χ4v) is 3.70. The Balaban J connectivity index is 1.54. The molecule has 0 bridgehead atoms. The molecule has 3 aliphatic carbocycles. The van der Waals surface area contributed by atoms with E-state index in [0.29, 0.717) is 12.0 Å². The predicted octanol–water partition coefficient (Wildman–Crippen LogP) is 2.89. The third-order valence-electron chi connectivity index (χ3n) is 4.78. The molecule has 3 aliphatic rings. The molecule has 0 aromatic heterocycles. The van der Waals surface area contributed by atoms with Crippen molar-refractivity contribution in [3.05, 3.63) is 12.2 Å². The van der Waals surface area contributed by atoms with Gasteiger partial charge < -0.3 is 5.32 Å². The van der Waals surface area contributed by atoms with Crippen molar-refractivity contribution in [3.8, 4) is 0 Å². The van der Waals surface area contributed by atoms with Crippen molar-refractivity contribution in [3.63, 3.8) is 0 Å². The van der Waals surface area contributed by atoms with Gasteiger partial charge in [0.2, 0.25) is 5.91 Å². The number of rotatable bonds is 3. The molecule has 4 atom stereocenters. The van der Waals surface area contributed by atoms with Crippen LogP contribution in [0.5, 0.6) is 0 Å². The fraction of sp³-hybridized carbons (Fsp3) is 0.800. The van der Waals surface area contributed by atoms with Crippen LogP contribution in [-0.2, 0) is 4.79 Å². The van der Waals surface area contributed by atoms with Gasteiger partial charge in [-0.1, -0.05) is 25.0 Å². The molecule has 94 valence electrons. The summed E-state index contributed by atoms with van der Waals surface area (Å²) in [6, 6.07) is 0.424. The molecule has 17 heavy (non-hydrogen) atoms. The van der Waals surface area contributed by atoms with E-state index in [4.69, 9.17) is 0 Å². The van der Waals surface area contributed by atoms with Crippen molar-refractivity contribution in [2.75, 3.05) is 0 Å². The lowest BCUT2D eigenvalue weighted by molar-refractivity contribution is -0.121. The largest absolute Gasteiger partial charge is 0.353 e. The Hall–Kier alpha value is -0.790. The maximum absolute atomic E-state index is 11.1. The number of carbonyl (C=O) groups excluding carboxylic acids is 1. The van der Waals surface area contributed by atoms with Crippen LogP contribution in [-0.4, -0.2) is 11.9 Å². The molecule has 0 radical (unpaired) electrons. The lowest BCUT2D eigenvalue weighted by Crippen LogP contribution is -2.51. The quantitative estimate of drug-likeness (QED) is 0.746. The first kappa shape index (κ1) is 11.3. The standard InChI is InChI=1S/C15H23NO/c1-10(17)16-15-9-13-8-12(7-11-5-6-11)3-2-4-14(13)15/h2,4,11-15H,3,5-9H2,1H3,(H,16,17). The van der Waals surface area contributed by atoms with Gasteiger partial charge in [0.25, 0.3) is 0 Å². The van der Waals surface area contributed by atoms with E-state index in [-0.39, 0.29) is 5.91 Å². The molecule has 0 heterocycles. The summed E-state index contributed by atoms with van der Waals surface area (Å²) in [6.07, 6.45) is 13.0. The number of fused-ring (bicyclic) bond motifs is 1. The average Bonchev–Trinajstić information content (AvgIpc) is 3.05. The number of amides is 1. The normalized spacial score (nSPS) is 40.1. The van der Waals surface area contributed by atoms with Crippen LogP contribution in [0.15, 0.2) is 12.2 Å². The Kier molecular flexibility index (Phi) is 2.97. The van der Waals surface area contributed by atoms with Gasteiger partial charge in [0, 0.05) is 13.0 Å². The van der Waals surface area contributed by atoms with Crippen molar-refractivity contribution >= 4 is 5.91 Å². The molecule has 2 saturated carbocycles. The molecule has 1 N–H and O–H groups in total. The SMILES string of the molecule is CC(=O)NC1CC2CC(CC3CC3)CC=CC21. The molecular formula is C15H23NO. The summed E-state index contributed by atoms with van der Waals surface area (Å²) < 4.78 is 0. The molecule has 0 aromatic rings. The molecule has 2 fully saturated rings. The predicted molar refractivity (Wildman–Crippen MR) is 68.4 cm³/mol. The van der Waals surface area contributed by atoms with Crippen molar-refractivity contribution in [1.82, 2.24) is 5.32 Å². The third kappa shape index (κ3) is 2.56. The zero-order valence-electron chi connectivity index (χ0n) is 10.7. The Labute approximate surface area is 104 Å². The summed E-state index contributed by atoms with van der Waals surface area (Å²) in [5.41, 5.74) is 0.